The molecule has 1 aliphatic rings. The number of rotatable bonds is 4. The summed E-state index contributed by atoms with van der Waals surface area (Å²) in [6.45, 7) is 0. The van der Waals surface area contributed by atoms with E-state index in [1.54, 1.807) is 12.1 Å². The van der Waals surface area contributed by atoms with Gasteiger partial charge in [-0.1, -0.05) is 17.7 Å². The summed E-state index contributed by atoms with van der Waals surface area (Å²) in [5.74, 6) is -1.66. The topological polar surface area (TPSA) is 91.4 Å². The van der Waals surface area contributed by atoms with Crippen molar-refractivity contribution in [3.63, 3.8) is 0 Å². The first-order valence-electron chi connectivity index (χ1n) is 9.47. The van der Waals surface area contributed by atoms with Crippen molar-refractivity contribution in [2.24, 2.45) is 0 Å². The van der Waals surface area contributed by atoms with E-state index in [2.05, 4.69) is 31.0 Å². The number of carbonyl (C=O) groups is 1. The lowest BCUT2D eigenvalue weighted by atomic mass is 10.1. The molecular weight excluding hydrogens is 562 g/mol. The highest BCUT2D eigenvalue weighted by molar-refractivity contribution is 9.10. The molecule has 174 valence electrons. The summed E-state index contributed by atoms with van der Waals surface area (Å²) >= 11 is 10.1. The highest BCUT2D eigenvalue weighted by atomic mass is 79.9. The Morgan fingerprint density at radius 2 is 2.03 bits per heavy atom. The van der Waals surface area contributed by atoms with Gasteiger partial charge in [0.25, 0.3) is 10.2 Å². The first-order chi connectivity index (χ1) is 15.5. The fourth-order valence-electron chi connectivity index (χ4n) is 3.30. The van der Waals surface area contributed by atoms with Crippen LogP contribution in [0.5, 0.6) is 0 Å². The summed E-state index contributed by atoms with van der Waals surface area (Å²) in [5, 5.41) is 2.84. The van der Waals surface area contributed by atoms with E-state index in [0.29, 0.717) is 19.9 Å². The Morgan fingerprint density at radius 3 is 2.73 bits per heavy atom. The molecule has 4 rings (SSSR count). The van der Waals surface area contributed by atoms with Gasteiger partial charge in [0.2, 0.25) is 5.91 Å². The minimum atomic E-state index is -3.99. The Labute approximate surface area is 206 Å². The zero-order chi connectivity index (χ0) is 23.9. The van der Waals surface area contributed by atoms with E-state index in [-0.39, 0.29) is 17.1 Å². The summed E-state index contributed by atoms with van der Waals surface area (Å²) in [6.07, 6.45) is 1.63. The van der Waals surface area contributed by atoms with Crippen molar-refractivity contribution in [2.45, 2.75) is 18.5 Å². The number of nitrogens with one attached hydrogen (secondary N) is 2. The summed E-state index contributed by atoms with van der Waals surface area (Å²) in [6, 6.07) is 6.50. The third kappa shape index (κ3) is 5.10. The second kappa shape index (κ2) is 9.35. The number of benzene rings is 2. The molecule has 1 aromatic heterocycles. The van der Waals surface area contributed by atoms with Crippen molar-refractivity contribution < 1.29 is 22.0 Å². The van der Waals surface area contributed by atoms with E-state index in [1.807, 2.05) is 0 Å². The molecule has 1 amide bonds. The second-order valence-electron chi connectivity index (χ2n) is 7.25. The summed E-state index contributed by atoms with van der Waals surface area (Å²) in [7, 11) is -2.70. The zero-order valence-electron chi connectivity index (χ0n) is 16.9. The number of hydrogen-bond acceptors (Lipinski definition) is 5. The van der Waals surface area contributed by atoms with Crippen LogP contribution >= 0.6 is 38.9 Å². The number of amides is 1. The van der Waals surface area contributed by atoms with Crippen molar-refractivity contribution in [3.8, 4) is 10.4 Å². The first-order valence-corrected chi connectivity index (χ1v) is 12.9. The molecule has 1 saturated heterocycles. The van der Waals surface area contributed by atoms with Crippen LogP contribution in [0, 0.1) is 11.6 Å². The lowest BCUT2D eigenvalue weighted by molar-refractivity contribution is -0.120. The highest BCUT2D eigenvalue weighted by Crippen LogP contribution is 2.35. The van der Waals surface area contributed by atoms with Crippen LogP contribution in [0.25, 0.3) is 10.4 Å². The molecule has 0 unspecified atom stereocenters. The van der Waals surface area contributed by atoms with Gasteiger partial charge in [0.15, 0.2) is 0 Å². The van der Waals surface area contributed by atoms with E-state index in [0.717, 1.165) is 10.4 Å². The van der Waals surface area contributed by atoms with Crippen LogP contribution in [0.3, 0.4) is 0 Å². The summed E-state index contributed by atoms with van der Waals surface area (Å²) in [4.78, 5) is 17.8. The van der Waals surface area contributed by atoms with Crippen molar-refractivity contribution in [1.29, 1.82) is 0 Å². The minimum Gasteiger partial charge on any atom is -0.325 e. The molecule has 33 heavy (non-hydrogen) atoms. The van der Waals surface area contributed by atoms with Crippen LogP contribution in [0.1, 0.15) is 17.5 Å². The fourth-order valence-corrected chi connectivity index (χ4v) is 6.04. The molecule has 7 nitrogen and oxygen atoms in total. The van der Waals surface area contributed by atoms with Crippen LogP contribution in [0.2, 0.25) is 5.02 Å². The Bertz CT molecular complexity index is 1340. The molecular formula is C20H16BrClF2N4O3S2. The Morgan fingerprint density at radius 1 is 1.27 bits per heavy atom. The number of anilines is 1. The highest BCUT2D eigenvalue weighted by Gasteiger charge is 2.41. The third-order valence-corrected chi connectivity index (χ3v) is 8.77. The van der Waals surface area contributed by atoms with Crippen molar-refractivity contribution >= 4 is 60.7 Å². The van der Waals surface area contributed by atoms with Crippen LogP contribution in [0.4, 0.5) is 14.5 Å². The molecule has 0 spiro atoms. The third-order valence-electron chi connectivity index (χ3n) is 5.08. The second-order valence-corrected chi connectivity index (χ2v) is 11.3. The Kier molecular flexibility index (Phi) is 6.85. The molecule has 0 bridgehead atoms. The average molecular weight is 578 g/mol. The molecule has 3 aromatic rings. The minimum absolute atomic E-state index is 0.0954. The molecule has 13 heteroatoms. The number of carbonyl (C=O) groups excluding carboxylic acids is 1. The van der Waals surface area contributed by atoms with Crippen LogP contribution in [0.15, 0.2) is 47.1 Å². The Hall–Kier alpha value is -1.96. The largest absolute Gasteiger partial charge is 0.325 e. The maximum atomic E-state index is 13.9. The number of thiazole rings is 1. The quantitative estimate of drug-likeness (QED) is 0.469. The van der Waals surface area contributed by atoms with Crippen molar-refractivity contribution in [3.05, 3.63) is 68.7 Å². The van der Waals surface area contributed by atoms with Gasteiger partial charge in [-0.3, -0.25) is 4.79 Å². The van der Waals surface area contributed by atoms with E-state index in [4.69, 9.17) is 11.6 Å². The van der Waals surface area contributed by atoms with Crippen LogP contribution < -0.4 is 10.0 Å². The van der Waals surface area contributed by atoms with E-state index < -0.39 is 39.8 Å². The maximum Gasteiger partial charge on any atom is 0.280 e. The number of aromatic nitrogens is 1. The lowest BCUT2D eigenvalue weighted by Gasteiger charge is -2.35. The number of nitrogens with zero attached hydrogens (tertiary/aromatic N) is 2. The first kappa shape index (κ1) is 24.2. The fraction of sp³-hybridized carbons (Fsp3) is 0.200. The van der Waals surface area contributed by atoms with E-state index in [1.165, 1.54) is 42.8 Å². The molecule has 0 aliphatic carbocycles. The molecule has 1 aliphatic heterocycles. The number of likely N-dealkylation sites (N-methyl/N-ethyl adjacent to an activating group) is 1. The van der Waals surface area contributed by atoms with Crippen LogP contribution in [-0.2, 0) is 15.0 Å². The molecule has 2 N–H and O–H groups in total. The van der Waals surface area contributed by atoms with Crippen LogP contribution in [-0.4, -0.2) is 36.7 Å². The smallest absolute Gasteiger partial charge is 0.280 e. The SMILES string of the molecule is CN1[C@H](C(=O)Nc2ccc(F)c(Cl)c2)C[C@H](c2ncc(-c3ccc(Br)c(F)c3)s2)NS1(=O)=O. The molecule has 0 saturated carbocycles. The molecule has 2 heterocycles. The average Bonchev–Trinajstić information content (AvgIpc) is 3.25. The Balaban J connectivity index is 1.57. The molecule has 2 atom stereocenters. The van der Waals surface area contributed by atoms with E-state index in [9.17, 15) is 22.0 Å². The number of hydrogen-bond donors (Lipinski definition) is 2. The zero-order valence-corrected chi connectivity index (χ0v) is 20.8. The van der Waals surface area contributed by atoms with Gasteiger partial charge in [0.1, 0.15) is 22.7 Å². The molecule has 2 aromatic carbocycles. The van der Waals surface area contributed by atoms with Gasteiger partial charge in [-0.25, -0.2) is 13.8 Å². The predicted molar refractivity (Wildman–Crippen MR) is 126 cm³/mol. The van der Waals surface area contributed by atoms with E-state index >= 15 is 0 Å². The van der Waals surface area contributed by atoms with Gasteiger partial charge in [-0.05, 0) is 58.2 Å². The summed E-state index contributed by atoms with van der Waals surface area (Å²) in [5.41, 5.74) is 0.832. The molecule has 1 fully saturated rings. The summed E-state index contributed by atoms with van der Waals surface area (Å²) < 4.78 is 56.4. The van der Waals surface area contributed by atoms with Gasteiger partial charge in [-0.2, -0.15) is 17.4 Å². The number of halogens is 4. The normalized spacial score (nSPS) is 20.5. The van der Waals surface area contributed by atoms with Gasteiger partial charge < -0.3 is 5.32 Å². The van der Waals surface area contributed by atoms with Crippen molar-refractivity contribution in [2.75, 3.05) is 12.4 Å². The van der Waals surface area contributed by atoms with Crippen molar-refractivity contribution in [1.82, 2.24) is 14.0 Å². The monoisotopic (exact) mass is 576 g/mol. The molecule has 0 radical (unpaired) electrons. The van der Waals surface area contributed by atoms with Gasteiger partial charge in [-0.15, -0.1) is 11.3 Å². The van der Waals surface area contributed by atoms with Gasteiger partial charge in [0, 0.05) is 18.9 Å². The predicted octanol–water partition coefficient (Wildman–Crippen LogP) is 4.72. The lowest BCUT2D eigenvalue weighted by Crippen LogP contribution is -2.55. The standard InChI is InChI=1S/C20H16BrClF2N4O3S2/c1-28-17(19(29)26-11-3-5-14(23)13(22)7-11)8-16(27-33(28,30)31)20-25-9-18(32-20)10-2-4-12(21)15(24)6-10/h2-7,9,16-17,27H,8H2,1H3,(H,26,29)/t16-,17+/m1/s1. The maximum absolute atomic E-state index is 13.9. The van der Waals surface area contributed by atoms with Gasteiger partial charge in [0.05, 0.1) is 20.4 Å². The van der Waals surface area contributed by atoms with Gasteiger partial charge >= 0.3 is 0 Å².